The molecule has 0 amide bonds. The number of nitrogens with zero attached hydrogens (tertiary/aromatic N) is 2. The highest BCUT2D eigenvalue weighted by Gasteiger charge is 2.10. The third kappa shape index (κ3) is 3.28. The molecule has 0 fully saturated rings. The number of hydrogen-bond acceptors (Lipinski definition) is 2. The van der Waals surface area contributed by atoms with E-state index < -0.39 is 0 Å². The first-order chi connectivity index (χ1) is 9.65. The fourth-order valence-corrected chi connectivity index (χ4v) is 2.29. The van der Waals surface area contributed by atoms with Crippen LogP contribution >= 0.6 is 0 Å². The molecule has 3 heteroatoms. The van der Waals surface area contributed by atoms with Crippen molar-refractivity contribution < 1.29 is 0 Å². The number of aryl methyl sites for hydroxylation is 2. The van der Waals surface area contributed by atoms with Crippen LogP contribution in [0.2, 0.25) is 0 Å². The number of benzene rings is 1. The minimum absolute atomic E-state index is 0.484. The number of nitrogens with one attached hydrogen (secondary N) is 1. The van der Waals surface area contributed by atoms with Gasteiger partial charge in [0.2, 0.25) is 0 Å². The van der Waals surface area contributed by atoms with E-state index in [1.807, 2.05) is 0 Å². The summed E-state index contributed by atoms with van der Waals surface area (Å²) in [7, 11) is 0. The maximum atomic E-state index is 4.75. The molecule has 0 saturated heterocycles. The summed E-state index contributed by atoms with van der Waals surface area (Å²) in [5.41, 5.74) is 4.92. The minimum Gasteiger partial charge on any atom is -0.310 e. The first-order valence-electron chi connectivity index (χ1n) is 7.55. The van der Waals surface area contributed by atoms with E-state index in [1.165, 1.54) is 16.9 Å². The Bertz CT molecular complexity index is 555. The fraction of sp³-hybridized carbons (Fsp3) is 0.471. The second kappa shape index (κ2) is 6.71. The molecule has 1 aromatic carbocycles. The van der Waals surface area contributed by atoms with Crippen LogP contribution in [0.5, 0.6) is 0 Å². The third-order valence-corrected chi connectivity index (χ3v) is 3.48. The molecule has 2 rings (SSSR count). The van der Waals surface area contributed by atoms with Gasteiger partial charge in [0.1, 0.15) is 0 Å². The molecule has 0 spiro atoms. The maximum Gasteiger partial charge on any atom is 0.0693 e. The first kappa shape index (κ1) is 14.8. The average molecular weight is 271 g/mol. The Hall–Kier alpha value is -1.61. The van der Waals surface area contributed by atoms with Gasteiger partial charge >= 0.3 is 0 Å². The van der Waals surface area contributed by atoms with Crippen LogP contribution in [0.4, 0.5) is 0 Å². The molecular formula is C17H25N3. The SMILES string of the molecule is CCc1cc(CC)n(-c2ccccc2CNC(C)C)n1. The van der Waals surface area contributed by atoms with Crippen molar-refractivity contribution in [2.75, 3.05) is 0 Å². The van der Waals surface area contributed by atoms with E-state index in [1.54, 1.807) is 0 Å². The Labute approximate surface area is 122 Å². The van der Waals surface area contributed by atoms with Crippen LogP contribution in [0.1, 0.15) is 44.6 Å². The Morgan fingerprint density at radius 3 is 2.55 bits per heavy atom. The molecule has 2 aromatic rings. The number of para-hydroxylation sites is 1. The molecule has 1 N–H and O–H groups in total. The van der Waals surface area contributed by atoms with Crippen molar-refractivity contribution in [3.05, 3.63) is 47.3 Å². The molecule has 0 bridgehead atoms. The molecule has 0 saturated carbocycles. The Balaban J connectivity index is 2.38. The average Bonchev–Trinajstić information content (AvgIpc) is 2.88. The van der Waals surface area contributed by atoms with E-state index >= 15 is 0 Å². The molecule has 108 valence electrons. The second-order valence-corrected chi connectivity index (χ2v) is 5.41. The predicted octanol–water partition coefficient (Wildman–Crippen LogP) is 3.50. The molecule has 3 nitrogen and oxygen atoms in total. The molecule has 0 aliphatic carbocycles. The van der Waals surface area contributed by atoms with Crippen LogP contribution in [0.25, 0.3) is 5.69 Å². The zero-order valence-corrected chi connectivity index (χ0v) is 13.0. The summed E-state index contributed by atoms with van der Waals surface area (Å²) >= 11 is 0. The van der Waals surface area contributed by atoms with E-state index in [4.69, 9.17) is 5.10 Å². The number of hydrogen-bond donors (Lipinski definition) is 1. The summed E-state index contributed by atoms with van der Waals surface area (Å²) in [5.74, 6) is 0. The van der Waals surface area contributed by atoms with Gasteiger partial charge in [-0.2, -0.15) is 5.10 Å². The lowest BCUT2D eigenvalue weighted by atomic mass is 10.1. The molecule has 20 heavy (non-hydrogen) atoms. The highest BCUT2D eigenvalue weighted by atomic mass is 15.3. The standard InChI is InChI=1S/C17H25N3/c1-5-15-11-16(6-2)20(19-15)17-10-8-7-9-14(17)12-18-13(3)4/h7-11,13,18H,5-6,12H2,1-4H3. The highest BCUT2D eigenvalue weighted by molar-refractivity contribution is 5.42. The molecule has 0 atom stereocenters. The van der Waals surface area contributed by atoms with Gasteiger partial charge in [-0.1, -0.05) is 45.9 Å². The monoisotopic (exact) mass is 271 g/mol. The number of aromatic nitrogens is 2. The van der Waals surface area contributed by atoms with Crippen LogP contribution < -0.4 is 5.32 Å². The van der Waals surface area contributed by atoms with Crippen molar-refractivity contribution in [3.8, 4) is 5.69 Å². The summed E-state index contributed by atoms with van der Waals surface area (Å²) in [5, 5.41) is 8.24. The third-order valence-electron chi connectivity index (χ3n) is 3.48. The largest absolute Gasteiger partial charge is 0.310 e. The molecule has 1 heterocycles. The van der Waals surface area contributed by atoms with Gasteiger partial charge in [-0.05, 0) is 30.5 Å². The van der Waals surface area contributed by atoms with E-state index in [-0.39, 0.29) is 0 Å². The zero-order chi connectivity index (χ0) is 14.5. The van der Waals surface area contributed by atoms with Crippen molar-refractivity contribution in [2.24, 2.45) is 0 Å². The van der Waals surface area contributed by atoms with Crippen LogP contribution in [0.3, 0.4) is 0 Å². The summed E-state index contributed by atoms with van der Waals surface area (Å²) in [6, 6.07) is 11.2. The molecule has 1 aromatic heterocycles. The van der Waals surface area contributed by atoms with Crippen molar-refractivity contribution in [3.63, 3.8) is 0 Å². The summed E-state index contributed by atoms with van der Waals surface area (Å²) < 4.78 is 2.11. The van der Waals surface area contributed by atoms with Crippen LogP contribution in [0.15, 0.2) is 30.3 Å². The lowest BCUT2D eigenvalue weighted by molar-refractivity contribution is 0.586. The Morgan fingerprint density at radius 2 is 1.90 bits per heavy atom. The van der Waals surface area contributed by atoms with Crippen molar-refractivity contribution in [1.29, 1.82) is 0 Å². The van der Waals surface area contributed by atoms with Crippen molar-refractivity contribution >= 4 is 0 Å². The lowest BCUT2D eigenvalue weighted by Gasteiger charge is -2.14. The Morgan fingerprint density at radius 1 is 1.15 bits per heavy atom. The minimum atomic E-state index is 0.484. The molecule has 0 aliphatic heterocycles. The highest BCUT2D eigenvalue weighted by Crippen LogP contribution is 2.18. The van der Waals surface area contributed by atoms with Gasteiger partial charge in [0.05, 0.1) is 11.4 Å². The normalized spacial score (nSPS) is 11.2. The van der Waals surface area contributed by atoms with Crippen LogP contribution in [-0.2, 0) is 19.4 Å². The summed E-state index contributed by atoms with van der Waals surface area (Å²) in [6.07, 6.45) is 1.98. The van der Waals surface area contributed by atoms with E-state index in [9.17, 15) is 0 Å². The molecule has 0 unspecified atom stereocenters. The summed E-state index contributed by atoms with van der Waals surface area (Å²) in [6.45, 7) is 9.55. The zero-order valence-electron chi connectivity index (χ0n) is 13.0. The molecule has 0 radical (unpaired) electrons. The predicted molar refractivity (Wildman–Crippen MR) is 84.3 cm³/mol. The van der Waals surface area contributed by atoms with E-state index in [2.05, 4.69) is 68.0 Å². The topological polar surface area (TPSA) is 29.9 Å². The number of rotatable bonds is 6. The fourth-order valence-electron chi connectivity index (χ4n) is 2.29. The second-order valence-electron chi connectivity index (χ2n) is 5.41. The van der Waals surface area contributed by atoms with Gasteiger partial charge < -0.3 is 5.32 Å². The summed E-state index contributed by atoms with van der Waals surface area (Å²) in [4.78, 5) is 0. The van der Waals surface area contributed by atoms with Crippen LogP contribution in [-0.4, -0.2) is 15.8 Å². The van der Waals surface area contributed by atoms with Crippen molar-refractivity contribution in [1.82, 2.24) is 15.1 Å². The van der Waals surface area contributed by atoms with E-state index in [0.717, 1.165) is 25.1 Å². The van der Waals surface area contributed by atoms with Crippen LogP contribution in [0, 0.1) is 0 Å². The quantitative estimate of drug-likeness (QED) is 0.871. The molecular weight excluding hydrogens is 246 g/mol. The van der Waals surface area contributed by atoms with Gasteiger partial charge in [0.25, 0.3) is 0 Å². The first-order valence-corrected chi connectivity index (χ1v) is 7.55. The van der Waals surface area contributed by atoms with Gasteiger partial charge in [0, 0.05) is 18.3 Å². The smallest absolute Gasteiger partial charge is 0.0693 e. The van der Waals surface area contributed by atoms with Gasteiger partial charge in [-0.3, -0.25) is 0 Å². The van der Waals surface area contributed by atoms with Gasteiger partial charge in [-0.25, -0.2) is 4.68 Å². The molecule has 0 aliphatic rings. The lowest BCUT2D eigenvalue weighted by Crippen LogP contribution is -2.23. The van der Waals surface area contributed by atoms with E-state index in [0.29, 0.717) is 6.04 Å². The van der Waals surface area contributed by atoms with Gasteiger partial charge in [-0.15, -0.1) is 0 Å². The maximum absolute atomic E-state index is 4.75. The van der Waals surface area contributed by atoms with Gasteiger partial charge in [0.15, 0.2) is 0 Å². The van der Waals surface area contributed by atoms with Crippen molar-refractivity contribution in [2.45, 2.75) is 53.1 Å². The Kier molecular flexibility index (Phi) is 4.96.